The first-order valence-corrected chi connectivity index (χ1v) is 6.56. The molecule has 2 atom stereocenters. The van der Waals surface area contributed by atoms with Gasteiger partial charge in [-0.1, -0.05) is 13.0 Å². The number of hydrogen-bond donors (Lipinski definition) is 1. The predicted molar refractivity (Wildman–Crippen MR) is 71.0 cm³/mol. The fraction of sp³-hybridized carbons (Fsp3) is 0.643. The van der Waals surface area contributed by atoms with Gasteiger partial charge in [-0.25, -0.2) is 0 Å². The molecule has 0 aromatic carbocycles. The molecule has 1 N–H and O–H groups in total. The highest BCUT2D eigenvalue weighted by Crippen LogP contribution is 2.34. The Morgan fingerprint density at radius 2 is 2.29 bits per heavy atom. The highest BCUT2D eigenvalue weighted by Gasteiger charge is 2.33. The quantitative estimate of drug-likeness (QED) is 0.862. The number of nitrogens with zero attached hydrogens (tertiary/aromatic N) is 2. The van der Waals surface area contributed by atoms with Gasteiger partial charge in [-0.3, -0.25) is 9.88 Å². The lowest BCUT2D eigenvalue weighted by Crippen LogP contribution is -2.29. The number of aryl methyl sites for hydroxylation is 1. The summed E-state index contributed by atoms with van der Waals surface area (Å²) in [5.74, 6) is 0.690. The number of hydrogen-bond acceptors (Lipinski definition) is 3. The predicted octanol–water partition coefficient (Wildman–Crippen LogP) is 1.99. The normalized spacial score (nSPS) is 25.4. The van der Waals surface area contributed by atoms with E-state index in [4.69, 9.17) is 0 Å². The molecule has 2 unspecified atom stereocenters. The molecule has 1 saturated heterocycles. The van der Waals surface area contributed by atoms with E-state index >= 15 is 0 Å². The summed E-state index contributed by atoms with van der Waals surface area (Å²) in [4.78, 5) is 7.03. The number of pyridine rings is 1. The van der Waals surface area contributed by atoms with Crippen LogP contribution < -0.4 is 5.32 Å². The third-order valence-electron chi connectivity index (χ3n) is 3.67. The number of aromatic nitrogens is 1. The van der Waals surface area contributed by atoms with Gasteiger partial charge in [0.15, 0.2) is 0 Å². The summed E-state index contributed by atoms with van der Waals surface area (Å²) in [6.45, 7) is 7.58. The summed E-state index contributed by atoms with van der Waals surface area (Å²) in [6.07, 6.45) is 3.25. The van der Waals surface area contributed by atoms with Gasteiger partial charge in [0.1, 0.15) is 0 Å². The second-order valence-corrected chi connectivity index (χ2v) is 5.04. The monoisotopic (exact) mass is 233 g/mol. The van der Waals surface area contributed by atoms with Crippen LogP contribution in [0.3, 0.4) is 0 Å². The molecule has 2 rings (SSSR count). The zero-order valence-electron chi connectivity index (χ0n) is 11.1. The van der Waals surface area contributed by atoms with E-state index in [9.17, 15) is 0 Å². The SMILES string of the molecule is CCNCC1CCN(C)C1c1ccc(C)cn1. The average Bonchev–Trinajstić information content (AvgIpc) is 2.69. The summed E-state index contributed by atoms with van der Waals surface area (Å²) < 4.78 is 0. The van der Waals surface area contributed by atoms with Gasteiger partial charge in [0.2, 0.25) is 0 Å². The van der Waals surface area contributed by atoms with Crippen molar-refractivity contribution in [2.75, 3.05) is 26.7 Å². The molecule has 1 aliphatic rings. The van der Waals surface area contributed by atoms with Crippen molar-refractivity contribution in [3.63, 3.8) is 0 Å². The third kappa shape index (κ3) is 2.85. The topological polar surface area (TPSA) is 28.2 Å². The van der Waals surface area contributed by atoms with Gasteiger partial charge in [-0.15, -0.1) is 0 Å². The van der Waals surface area contributed by atoms with Crippen LogP contribution in [-0.4, -0.2) is 36.6 Å². The molecule has 0 radical (unpaired) electrons. The summed E-state index contributed by atoms with van der Waals surface area (Å²) in [6, 6.07) is 4.83. The molecule has 0 saturated carbocycles. The summed E-state index contributed by atoms with van der Waals surface area (Å²) >= 11 is 0. The van der Waals surface area contributed by atoms with Gasteiger partial charge in [0.05, 0.1) is 11.7 Å². The van der Waals surface area contributed by atoms with Crippen molar-refractivity contribution in [1.82, 2.24) is 15.2 Å². The molecule has 0 spiro atoms. The van der Waals surface area contributed by atoms with Crippen LogP contribution in [0, 0.1) is 12.8 Å². The Bertz CT molecular complexity index is 347. The van der Waals surface area contributed by atoms with Crippen molar-refractivity contribution >= 4 is 0 Å². The second-order valence-electron chi connectivity index (χ2n) is 5.04. The van der Waals surface area contributed by atoms with Crippen molar-refractivity contribution in [3.05, 3.63) is 29.6 Å². The maximum atomic E-state index is 4.60. The first kappa shape index (κ1) is 12.5. The van der Waals surface area contributed by atoms with Crippen LogP contribution in [0.25, 0.3) is 0 Å². The Morgan fingerprint density at radius 1 is 1.47 bits per heavy atom. The maximum Gasteiger partial charge on any atom is 0.0578 e. The van der Waals surface area contributed by atoms with E-state index in [0.29, 0.717) is 12.0 Å². The van der Waals surface area contributed by atoms with Crippen LogP contribution in [0.15, 0.2) is 18.3 Å². The molecule has 0 bridgehead atoms. The molecular weight excluding hydrogens is 210 g/mol. The van der Waals surface area contributed by atoms with Crippen molar-refractivity contribution < 1.29 is 0 Å². The van der Waals surface area contributed by atoms with Gasteiger partial charge in [0, 0.05) is 6.20 Å². The smallest absolute Gasteiger partial charge is 0.0578 e. The van der Waals surface area contributed by atoms with Gasteiger partial charge < -0.3 is 5.32 Å². The molecule has 2 heterocycles. The summed E-state index contributed by atoms with van der Waals surface area (Å²) in [5, 5.41) is 3.47. The van der Waals surface area contributed by atoms with Gasteiger partial charge >= 0.3 is 0 Å². The van der Waals surface area contributed by atoms with Crippen molar-refractivity contribution in [1.29, 1.82) is 0 Å². The summed E-state index contributed by atoms with van der Waals surface area (Å²) in [7, 11) is 2.21. The largest absolute Gasteiger partial charge is 0.317 e. The lowest BCUT2D eigenvalue weighted by molar-refractivity contribution is 0.267. The average molecular weight is 233 g/mol. The fourth-order valence-corrected chi connectivity index (χ4v) is 2.69. The van der Waals surface area contributed by atoms with E-state index in [1.807, 2.05) is 6.20 Å². The van der Waals surface area contributed by atoms with E-state index in [1.54, 1.807) is 0 Å². The molecule has 94 valence electrons. The Labute approximate surface area is 104 Å². The fourth-order valence-electron chi connectivity index (χ4n) is 2.69. The van der Waals surface area contributed by atoms with Crippen molar-refractivity contribution in [3.8, 4) is 0 Å². The number of nitrogens with one attached hydrogen (secondary N) is 1. The highest BCUT2D eigenvalue weighted by molar-refractivity contribution is 5.17. The molecule has 0 amide bonds. The molecule has 1 aromatic rings. The highest BCUT2D eigenvalue weighted by atomic mass is 15.2. The van der Waals surface area contributed by atoms with Gasteiger partial charge in [0.25, 0.3) is 0 Å². The Morgan fingerprint density at radius 3 is 2.94 bits per heavy atom. The molecule has 0 aliphatic carbocycles. The van der Waals surface area contributed by atoms with Crippen LogP contribution in [0.1, 0.15) is 30.6 Å². The lowest BCUT2D eigenvalue weighted by Gasteiger charge is -2.24. The second kappa shape index (κ2) is 5.61. The van der Waals surface area contributed by atoms with Crippen LogP contribution in [-0.2, 0) is 0 Å². The zero-order valence-corrected chi connectivity index (χ0v) is 11.1. The third-order valence-corrected chi connectivity index (χ3v) is 3.67. The molecule has 1 aliphatic heterocycles. The minimum atomic E-state index is 0.481. The summed E-state index contributed by atoms with van der Waals surface area (Å²) in [5.41, 5.74) is 2.45. The molecule has 17 heavy (non-hydrogen) atoms. The Kier molecular flexibility index (Phi) is 4.13. The Balaban J connectivity index is 2.12. The molecule has 1 aromatic heterocycles. The minimum absolute atomic E-state index is 0.481. The number of rotatable bonds is 4. The van der Waals surface area contributed by atoms with E-state index in [-0.39, 0.29) is 0 Å². The molecular formula is C14H23N3. The molecule has 3 nitrogen and oxygen atoms in total. The van der Waals surface area contributed by atoms with Gasteiger partial charge in [-0.2, -0.15) is 0 Å². The van der Waals surface area contributed by atoms with E-state index in [1.165, 1.54) is 24.2 Å². The van der Waals surface area contributed by atoms with E-state index < -0.39 is 0 Å². The van der Waals surface area contributed by atoms with Crippen LogP contribution >= 0.6 is 0 Å². The minimum Gasteiger partial charge on any atom is -0.317 e. The van der Waals surface area contributed by atoms with Crippen LogP contribution in [0.2, 0.25) is 0 Å². The van der Waals surface area contributed by atoms with Crippen molar-refractivity contribution in [2.24, 2.45) is 5.92 Å². The zero-order chi connectivity index (χ0) is 12.3. The van der Waals surface area contributed by atoms with Crippen molar-refractivity contribution in [2.45, 2.75) is 26.3 Å². The lowest BCUT2D eigenvalue weighted by atomic mass is 9.97. The standard InChI is InChI=1S/C14H23N3/c1-4-15-10-12-7-8-17(3)14(12)13-6-5-11(2)9-16-13/h5-6,9,12,14-15H,4,7-8,10H2,1-3H3. The first-order valence-electron chi connectivity index (χ1n) is 6.56. The van der Waals surface area contributed by atoms with Crippen LogP contribution in [0.4, 0.5) is 0 Å². The van der Waals surface area contributed by atoms with Crippen LogP contribution in [0.5, 0.6) is 0 Å². The number of likely N-dealkylation sites (tertiary alicyclic amines) is 1. The van der Waals surface area contributed by atoms with E-state index in [0.717, 1.165) is 13.1 Å². The maximum absolute atomic E-state index is 4.60. The first-order chi connectivity index (χ1) is 8.22. The molecule has 1 fully saturated rings. The van der Waals surface area contributed by atoms with E-state index in [2.05, 4.69) is 48.2 Å². The van der Waals surface area contributed by atoms with Gasteiger partial charge in [-0.05, 0) is 57.6 Å². The molecule has 3 heteroatoms. The Hall–Kier alpha value is -0.930.